The Balaban J connectivity index is 1.59. The number of aryl methyl sites for hydroxylation is 2. The molecule has 0 unspecified atom stereocenters. The van der Waals surface area contributed by atoms with Crippen molar-refractivity contribution in [3.8, 4) is 0 Å². The van der Waals surface area contributed by atoms with Crippen LogP contribution in [0.25, 0.3) is 10.2 Å². The number of nitrogens with one attached hydrogen (secondary N) is 1. The van der Waals surface area contributed by atoms with Gasteiger partial charge in [-0.1, -0.05) is 30.0 Å². The molecule has 4 aromatic rings. The number of aromatic nitrogens is 2. The van der Waals surface area contributed by atoms with Crippen LogP contribution in [0.5, 0.6) is 0 Å². The maximum absolute atomic E-state index is 13.4. The first kappa shape index (κ1) is 22.2. The predicted octanol–water partition coefficient (Wildman–Crippen LogP) is 5.13. The summed E-state index contributed by atoms with van der Waals surface area (Å²) in [5.74, 6) is -2.09. The molecule has 5 nitrogen and oxygen atoms in total. The Kier molecular flexibility index (Phi) is 6.38. The van der Waals surface area contributed by atoms with Crippen molar-refractivity contribution >= 4 is 44.9 Å². The van der Waals surface area contributed by atoms with Crippen LogP contribution in [0, 0.1) is 25.5 Å². The van der Waals surface area contributed by atoms with Crippen molar-refractivity contribution in [1.29, 1.82) is 0 Å². The van der Waals surface area contributed by atoms with Crippen molar-refractivity contribution in [3.63, 3.8) is 0 Å². The number of benzene rings is 2. The summed E-state index contributed by atoms with van der Waals surface area (Å²) < 4.78 is 28.8. The smallest absolute Gasteiger partial charge is 0.272 e. The summed E-state index contributed by atoms with van der Waals surface area (Å²) in [5.41, 5.74) is 3.67. The number of thiophene rings is 1. The molecule has 1 amide bonds. The summed E-state index contributed by atoms with van der Waals surface area (Å²) in [6.07, 6.45) is 0. The zero-order valence-corrected chi connectivity index (χ0v) is 18.9. The molecule has 0 radical (unpaired) electrons. The van der Waals surface area contributed by atoms with Crippen LogP contribution in [0.2, 0.25) is 0 Å². The van der Waals surface area contributed by atoms with E-state index in [4.69, 9.17) is 0 Å². The van der Waals surface area contributed by atoms with E-state index >= 15 is 0 Å². The number of amides is 1. The van der Waals surface area contributed by atoms with E-state index in [0.29, 0.717) is 21.9 Å². The second-order valence-corrected chi connectivity index (χ2v) is 9.19. The number of hydrogen-bond donors (Lipinski definition) is 1. The summed E-state index contributed by atoms with van der Waals surface area (Å²) in [6, 6.07) is 10.6. The van der Waals surface area contributed by atoms with Crippen molar-refractivity contribution in [3.05, 3.63) is 86.5 Å². The van der Waals surface area contributed by atoms with Gasteiger partial charge in [0.15, 0.2) is 5.16 Å². The molecule has 32 heavy (non-hydrogen) atoms. The van der Waals surface area contributed by atoms with Gasteiger partial charge in [0, 0.05) is 11.8 Å². The number of fused-ring (bicyclic) bond motifs is 1. The number of carbonyl (C=O) groups is 1. The van der Waals surface area contributed by atoms with Gasteiger partial charge in [0.05, 0.1) is 17.8 Å². The lowest BCUT2D eigenvalue weighted by molar-refractivity contribution is -0.113. The highest BCUT2D eigenvalue weighted by atomic mass is 32.2. The molecule has 0 aliphatic carbocycles. The topological polar surface area (TPSA) is 64.0 Å². The second kappa shape index (κ2) is 9.22. The van der Waals surface area contributed by atoms with Crippen LogP contribution < -0.4 is 10.9 Å². The molecule has 0 aliphatic rings. The first-order valence-electron chi connectivity index (χ1n) is 9.73. The molecule has 0 saturated heterocycles. The minimum absolute atomic E-state index is 0.0295. The zero-order chi connectivity index (χ0) is 22.8. The summed E-state index contributed by atoms with van der Waals surface area (Å²) in [6.45, 7) is 4.35. The highest BCUT2D eigenvalue weighted by molar-refractivity contribution is 7.99. The van der Waals surface area contributed by atoms with E-state index in [1.165, 1.54) is 11.3 Å². The third kappa shape index (κ3) is 4.89. The molecule has 0 saturated carbocycles. The molecule has 0 atom stereocenters. The molecule has 164 valence electrons. The molecule has 2 heterocycles. The van der Waals surface area contributed by atoms with Crippen LogP contribution in [-0.2, 0) is 11.3 Å². The van der Waals surface area contributed by atoms with E-state index in [0.717, 1.165) is 46.7 Å². The minimum Gasteiger partial charge on any atom is -0.325 e. The molecule has 0 bridgehead atoms. The van der Waals surface area contributed by atoms with Crippen molar-refractivity contribution in [2.24, 2.45) is 0 Å². The van der Waals surface area contributed by atoms with Gasteiger partial charge in [-0.05, 0) is 54.1 Å². The van der Waals surface area contributed by atoms with Gasteiger partial charge in [-0.2, -0.15) is 0 Å². The molecular weight excluding hydrogens is 452 g/mol. The van der Waals surface area contributed by atoms with Gasteiger partial charge in [0.2, 0.25) is 5.91 Å². The first-order chi connectivity index (χ1) is 15.3. The van der Waals surface area contributed by atoms with Crippen LogP contribution in [0.1, 0.15) is 16.7 Å². The monoisotopic (exact) mass is 471 g/mol. The Morgan fingerprint density at radius 3 is 2.56 bits per heavy atom. The van der Waals surface area contributed by atoms with Gasteiger partial charge in [-0.25, -0.2) is 13.8 Å². The van der Waals surface area contributed by atoms with Crippen molar-refractivity contribution in [1.82, 2.24) is 9.55 Å². The van der Waals surface area contributed by atoms with Crippen molar-refractivity contribution < 1.29 is 13.6 Å². The van der Waals surface area contributed by atoms with E-state index < -0.39 is 17.5 Å². The van der Waals surface area contributed by atoms with Crippen LogP contribution in [0.3, 0.4) is 0 Å². The Morgan fingerprint density at radius 1 is 1.09 bits per heavy atom. The molecule has 9 heteroatoms. The van der Waals surface area contributed by atoms with Gasteiger partial charge < -0.3 is 5.32 Å². The maximum atomic E-state index is 13.4. The molecule has 2 aromatic heterocycles. The quantitative estimate of drug-likeness (QED) is 0.313. The van der Waals surface area contributed by atoms with Crippen LogP contribution in [0.4, 0.5) is 14.5 Å². The fourth-order valence-corrected chi connectivity index (χ4v) is 4.79. The fraction of sp³-hybridized carbons (Fsp3) is 0.174. The molecule has 0 fully saturated rings. The number of nitrogens with zero attached hydrogens (tertiary/aromatic N) is 2. The largest absolute Gasteiger partial charge is 0.325 e. The molecule has 0 aliphatic heterocycles. The Bertz CT molecular complexity index is 1360. The number of halogens is 2. The minimum atomic E-state index is -0.778. The SMILES string of the molecule is Cc1ccc(Cn2c(SCC(=O)Nc3cc(F)cc(F)c3)nc3ccsc3c2=O)cc1C. The van der Waals surface area contributed by atoms with Crippen molar-refractivity contribution in [2.45, 2.75) is 25.5 Å². The van der Waals surface area contributed by atoms with E-state index in [1.807, 2.05) is 32.0 Å². The van der Waals surface area contributed by atoms with Crippen LogP contribution >= 0.6 is 23.1 Å². The Morgan fingerprint density at radius 2 is 1.84 bits per heavy atom. The normalized spacial score (nSPS) is 11.1. The fourth-order valence-electron chi connectivity index (χ4n) is 3.21. The summed E-state index contributed by atoms with van der Waals surface area (Å²) >= 11 is 2.43. The Labute approximate surface area is 191 Å². The maximum Gasteiger partial charge on any atom is 0.272 e. The van der Waals surface area contributed by atoms with E-state index in [1.54, 1.807) is 16.0 Å². The number of carbonyl (C=O) groups excluding carboxylic acids is 1. The van der Waals surface area contributed by atoms with Gasteiger partial charge in [-0.15, -0.1) is 11.3 Å². The highest BCUT2D eigenvalue weighted by Crippen LogP contribution is 2.23. The molecule has 1 N–H and O–H groups in total. The van der Waals surface area contributed by atoms with E-state index in [9.17, 15) is 18.4 Å². The lowest BCUT2D eigenvalue weighted by Crippen LogP contribution is -2.24. The zero-order valence-electron chi connectivity index (χ0n) is 17.3. The third-order valence-corrected chi connectivity index (χ3v) is 6.79. The number of thioether (sulfide) groups is 1. The predicted molar refractivity (Wildman–Crippen MR) is 125 cm³/mol. The second-order valence-electron chi connectivity index (χ2n) is 7.33. The average molecular weight is 472 g/mol. The summed E-state index contributed by atoms with van der Waals surface area (Å²) in [5, 5.41) is 4.68. The summed E-state index contributed by atoms with van der Waals surface area (Å²) in [4.78, 5) is 30.1. The lowest BCUT2D eigenvalue weighted by Gasteiger charge is -2.13. The number of rotatable bonds is 6. The number of anilines is 1. The highest BCUT2D eigenvalue weighted by Gasteiger charge is 2.15. The van der Waals surface area contributed by atoms with Gasteiger partial charge in [0.25, 0.3) is 5.56 Å². The van der Waals surface area contributed by atoms with Crippen molar-refractivity contribution in [2.75, 3.05) is 11.1 Å². The average Bonchev–Trinajstić information content (AvgIpc) is 3.19. The van der Waals surface area contributed by atoms with Gasteiger partial charge in [-0.3, -0.25) is 14.2 Å². The van der Waals surface area contributed by atoms with Gasteiger partial charge >= 0.3 is 0 Å². The summed E-state index contributed by atoms with van der Waals surface area (Å²) in [7, 11) is 0. The Hall–Kier alpha value is -3.04. The van der Waals surface area contributed by atoms with Gasteiger partial charge in [0.1, 0.15) is 16.3 Å². The van der Waals surface area contributed by atoms with E-state index in [2.05, 4.69) is 10.3 Å². The first-order valence-corrected chi connectivity index (χ1v) is 11.6. The number of hydrogen-bond acceptors (Lipinski definition) is 5. The van der Waals surface area contributed by atoms with E-state index in [-0.39, 0.29) is 17.0 Å². The molecular formula is C23H19F2N3O2S2. The standard InChI is InChI=1S/C23H19F2N3O2S2/c1-13-3-4-15(7-14(13)2)11-28-22(30)21-19(5-6-31-21)27-23(28)32-12-20(29)26-18-9-16(24)8-17(25)10-18/h3-10H,11-12H2,1-2H3,(H,26,29). The van der Waals surface area contributed by atoms with Crippen LogP contribution in [0.15, 0.2) is 57.8 Å². The lowest BCUT2D eigenvalue weighted by atomic mass is 10.1. The molecule has 4 rings (SSSR count). The third-order valence-electron chi connectivity index (χ3n) is 4.92. The molecule has 0 spiro atoms. The molecule has 2 aromatic carbocycles. The van der Waals surface area contributed by atoms with Crippen LogP contribution in [-0.4, -0.2) is 21.2 Å².